The van der Waals surface area contributed by atoms with Gasteiger partial charge in [-0.1, -0.05) is 24.4 Å². The number of anilines is 1. The van der Waals surface area contributed by atoms with Crippen molar-refractivity contribution in [3.05, 3.63) is 64.6 Å². The number of benzene rings is 1. The number of nitrogens with zero attached hydrogens (tertiary/aromatic N) is 1. The minimum absolute atomic E-state index is 0.0968. The van der Waals surface area contributed by atoms with Gasteiger partial charge in [-0.2, -0.15) is 0 Å². The highest BCUT2D eigenvalue weighted by Gasteiger charge is 2.08. The highest BCUT2D eigenvalue weighted by atomic mass is 32.1. The van der Waals surface area contributed by atoms with Gasteiger partial charge < -0.3 is 15.6 Å². The Labute approximate surface area is 121 Å². The number of carbonyl (C=O) groups excluding carboxylic acids is 1. The van der Waals surface area contributed by atoms with Crippen LogP contribution in [0.5, 0.6) is 0 Å². The maximum atomic E-state index is 11.9. The van der Waals surface area contributed by atoms with E-state index in [2.05, 4.69) is 5.32 Å². The Kier molecular flexibility index (Phi) is 4.27. The van der Waals surface area contributed by atoms with Gasteiger partial charge in [-0.25, -0.2) is 0 Å². The third-order valence-corrected chi connectivity index (χ3v) is 2.87. The maximum absolute atomic E-state index is 11.9. The summed E-state index contributed by atoms with van der Waals surface area (Å²) >= 11 is 4.93. The van der Waals surface area contributed by atoms with Gasteiger partial charge in [0.05, 0.1) is 5.69 Å². The Hall–Kier alpha value is -2.47. The van der Waals surface area contributed by atoms with Crippen molar-refractivity contribution in [2.45, 2.75) is 6.54 Å². The van der Waals surface area contributed by atoms with Gasteiger partial charge in [0.2, 0.25) is 5.91 Å². The van der Waals surface area contributed by atoms with Crippen molar-refractivity contribution in [1.82, 2.24) is 4.57 Å². The molecule has 20 heavy (non-hydrogen) atoms. The first-order valence-electron chi connectivity index (χ1n) is 5.91. The van der Waals surface area contributed by atoms with Crippen molar-refractivity contribution in [3.8, 4) is 0 Å². The first-order valence-corrected chi connectivity index (χ1v) is 6.32. The topological polar surface area (TPSA) is 77.1 Å². The Bertz CT molecular complexity index is 689. The van der Waals surface area contributed by atoms with E-state index in [1.807, 2.05) is 0 Å². The van der Waals surface area contributed by atoms with E-state index in [9.17, 15) is 9.59 Å². The first-order chi connectivity index (χ1) is 9.56. The minimum atomic E-state index is -0.225. The average molecular weight is 287 g/mol. The second kappa shape index (κ2) is 6.12. The van der Waals surface area contributed by atoms with Crippen LogP contribution in [-0.2, 0) is 11.3 Å². The SMILES string of the molecule is NC(=S)c1ccccc1NC(=O)Cn1ccc(=O)cc1. The largest absolute Gasteiger partial charge is 0.389 e. The lowest BCUT2D eigenvalue weighted by molar-refractivity contribution is -0.116. The molecule has 6 heteroatoms. The van der Waals surface area contributed by atoms with Crippen molar-refractivity contribution < 1.29 is 4.79 Å². The molecule has 0 radical (unpaired) electrons. The number of rotatable bonds is 4. The van der Waals surface area contributed by atoms with Crippen molar-refractivity contribution in [3.63, 3.8) is 0 Å². The lowest BCUT2D eigenvalue weighted by Crippen LogP contribution is -2.21. The van der Waals surface area contributed by atoms with E-state index >= 15 is 0 Å². The van der Waals surface area contributed by atoms with Crippen LogP contribution in [0.1, 0.15) is 5.56 Å². The van der Waals surface area contributed by atoms with E-state index in [0.29, 0.717) is 11.3 Å². The van der Waals surface area contributed by atoms with Crippen LogP contribution in [0.3, 0.4) is 0 Å². The van der Waals surface area contributed by atoms with Gasteiger partial charge in [0.25, 0.3) is 0 Å². The van der Waals surface area contributed by atoms with Gasteiger partial charge >= 0.3 is 0 Å². The molecule has 0 atom stereocenters. The highest BCUT2D eigenvalue weighted by Crippen LogP contribution is 2.14. The Morgan fingerprint density at radius 1 is 1.20 bits per heavy atom. The Balaban J connectivity index is 2.10. The van der Waals surface area contributed by atoms with Gasteiger partial charge in [-0.05, 0) is 12.1 Å². The minimum Gasteiger partial charge on any atom is -0.389 e. The van der Waals surface area contributed by atoms with Gasteiger partial charge in [-0.3, -0.25) is 9.59 Å². The molecule has 0 aliphatic heterocycles. The molecule has 3 N–H and O–H groups in total. The van der Waals surface area contributed by atoms with Crippen molar-refractivity contribution in [1.29, 1.82) is 0 Å². The molecule has 0 saturated heterocycles. The highest BCUT2D eigenvalue weighted by molar-refractivity contribution is 7.80. The van der Waals surface area contributed by atoms with Crippen LogP contribution in [0.2, 0.25) is 0 Å². The fourth-order valence-corrected chi connectivity index (χ4v) is 1.89. The molecule has 0 spiro atoms. The summed E-state index contributed by atoms with van der Waals surface area (Å²) in [5.74, 6) is -0.225. The molecule has 102 valence electrons. The van der Waals surface area contributed by atoms with Gasteiger partial charge in [0.15, 0.2) is 5.43 Å². The molecule has 1 heterocycles. The fraction of sp³-hybridized carbons (Fsp3) is 0.0714. The molecule has 1 amide bonds. The first kappa shape index (κ1) is 14.0. The monoisotopic (exact) mass is 287 g/mol. The van der Waals surface area contributed by atoms with Crippen molar-refractivity contribution >= 4 is 28.8 Å². The van der Waals surface area contributed by atoms with Crippen LogP contribution < -0.4 is 16.5 Å². The second-order valence-electron chi connectivity index (χ2n) is 4.16. The molecule has 0 aliphatic carbocycles. The van der Waals surface area contributed by atoms with Crippen LogP contribution in [0.25, 0.3) is 0 Å². The summed E-state index contributed by atoms with van der Waals surface area (Å²) in [4.78, 5) is 23.1. The summed E-state index contributed by atoms with van der Waals surface area (Å²) in [6.45, 7) is 0.103. The molecule has 0 fully saturated rings. The average Bonchev–Trinajstić information content (AvgIpc) is 2.41. The molecule has 5 nitrogen and oxygen atoms in total. The molecule has 1 aromatic carbocycles. The standard InChI is InChI=1S/C14H13N3O2S/c15-14(20)11-3-1-2-4-12(11)16-13(19)9-17-7-5-10(18)6-8-17/h1-8H,9H2,(H2,15,20)(H,16,19). The molecule has 1 aromatic heterocycles. The molecular weight excluding hydrogens is 274 g/mol. The lowest BCUT2D eigenvalue weighted by atomic mass is 10.2. The van der Waals surface area contributed by atoms with Crippen molar-refractivity contribution in [2.75, 3.05) is 5.32 Å². The number of hydrogen-bond donors (Lipinski definition) is 2. The van der Waals surface area contributed by atoms with E-state index in [1.54, 1.807) is 41.2 Å². The summed E-state index contributed by atoms with van der Waals surface area (Å²) < 4.78 is 1.61. The van der Waals surface area contributed by atoms with Crippen LogP contribution in [0.4, 0.5) is 5.69 Å². The van der Waals surface area contributed by atoms with E-state index in [-0.39, 0.29) is 22.9 Å². The van der Waals surface area contributed by atoms with E-state index in [4.69, 9.17) is 18.0 Å². The molecule has 0 bridgehead atoms. The zero-order valence-electron chi connectivity index (χ0n) is 10.6. The van der Waals surface area contributed by atoms with Gasteiger partial charge in [-0.15, -0.1) is 0 Å². The predicted octanol–water partition coefficient (Wildman–Crippen LogP) is 1.12. The second-order valence-corrected chi connectivity index (χ2v) is 4.60. The summed E-state index contributed by atoms with van der Waals surface area (Å²) in [5, 5.41) is 2.75. The summed E-state index contributed by atoms with van der Waals surface area (Å²) in [5.41, 5.74) is 6.70. The van der Waals surface area contributed by atoms with Crippen molar-refractivity contribution in [2.24, 2.45) is 5.73 Å². The molecule has 0 aliphatic rings. The zero-order valence-corrected chi connectivity index (χ0v) is 11.4. The van der Waals surface area contributed by atoms with E-state index in [1.165, 1.54) is 12.1 Å². The molecule has 0 unspecified atom stereocenters. The number of nitrogens with one attached hydrogen (secondary N) is 1. The number of carbonyl (C=O) groups is 1. The summed E-state index contributed by atoms with van der Waals surface area (Å²) in [7, 11) is 0. The number of thiocarbonyl (C=S) groups is 1. The normalized spacial score (nSPS) is 10.0. The summed E-state index contributed by atoms with van der Waals surface area (Å²) in [6, 6.07) is 9.87. The van der Waals surface area contributed by atoms with Crippen LogP contribution in [0.15, 0.2) is 53.6 Å². The third kappa shape index (κ3) is 3.52. The predicted molar refractivity (Wildman–Crippen MR) is 81.7 cm³/mol. The fourth-order valence-electron chi connectivity index (χ4n) is 1.71. The van der Waals surface area contributed by atoms with Crippen LogP contribution in [0, 0.1) is 0 Å². The number of amides is 1. The van der Waals surface area contributed by atoms with Crippen LogP contribution in [-0.4, -0.2) is 15.5 Å². The number of hydrogen-bond acceptors (Lipinski definition) is 3. The lowest BCUT2D eigenvalue weighted by Gasteiger charge is -2.11. The van der Waals surface area contributed by atoms with E-state index < -0.39 is 0 Å². The smallest absolute Gasteiger partial charge is 0.244 e. The molecule has 2 aromatic rings. The maximum Gasteiger partial charge on any atom is 0.244 e. The summed E-state index contributed by atoms with van der Waals surface area (Å²) in [6.07, 6.45) is 3.11. The quantitative estimate of drug-likeness (QED) is 0.826. The van der Waals surface area contributed by atoms with E-state index in [0.717, 1.165) is 0 Å². The molecule has 2 rings (SSSR count). The zero-order chi connectivity index (χ0) is 14.5. The third-order valence-electron chi connectivity index (χ3n) is 2.65. The number of pyridine rings is 1. The number of aromatic nitrogens is 1. The Morgan fingerprint density at radius 2 is 1.85 bits per heavy atom. The Morgan fingerprint density at radius 3 is 2.50 bits per heavy atom. The van der Waals surface area contributed by atoms with Crippen LogP contribution >= 0.6 is 12.2 Å². The molecular formula is C14H13N3O2S. The number of para-hydroxylation sites is 1. The van der Waals surface area contributed by atoms with Gasteiger partial charge in [0.1, 0.15) is 11.5 Å². The number of nitrogens with two attached hydrogens (primary N) is 1. The molecule has 0 saturated carbocycles. The van der Waals surface area contributed by atoms with Gasteiger partial charge in [0, 0.05) is 30.1 Å².